The van der Waals surface area contributed by atoms with Crippen molar-refractivity contribution in [1.82, 2.24) is 0 Å². The lowest BCUT2D eigenvalue weighted by Gasteiger charge is -2.13. The van der Waals surface area contributed by atoms with Gasteiger partial charge in [-0.05, 0) is 6.42 Å². The van der Waals surface area contributed by atoms with Gasteiger partial charge < -0.3 is 4.74 Å². The molecule has 2 aromatic carbocycles. The molecule has 0 spiro atoms. The van der Waals surface area contributed by atoms with Crippen LogP contribution in [0.2, 0.25) is 0 Å². The first-order valence-electron chi connectivity index (χ1n) is 6.61. The van der Waals surface area contributed by atoms with Crippen molar-refractivity contribution in [3.63, 3.8) is 0 Å². The molecule has 0 bridgehead atoms. The molecule has 0 amide bonds. The number of nitro groups is 1. The summed E-state index contributed by atoms with van der Waals surface area (Å²) in [5, 5.41) is 11.0. The van der Waals surface area contributed by atoms with Gasteiger partial charge in [0.2, 0.25) is 0 Å². The molecule has 0 saturated carbocycles. The Morgan fingerprint density at radius 1 is 1.04 bits per heavy atom. The zero-order valence-electron chi connectivity index (χ0n) is 12.4. The minimum atomic E-state index is -1.99. The summed E-state index contributed by atoms with van der Waals surface area (Å²) in [6, 6.07) is 1.05. The van der Waals surface area contributed by atoms with Crippen LogP contribution in [0.3, 0.4) is 0 Å². The quantitative estimate of drug-likeness (QED) is 0.268. The minimum absolute atomic E-state index is 0.332. The number of hydrogen-bond acceptors (Lipinski definition) is 3. The molecule has 0 aliphatic carbocycles. The van der Waals surface area contributed by atoms with Gasteiger partial charge in [-0.2, -0.15) is 0 Å². The molecule has 0 N–H and O–H groups in total. The van der Waals surface area contributed by atoms with Crippen LogP contribution in [-0.2, 0) is 6.42 Å². The number of nitrogens with zero attached hydrogens (tertiary/aromatic N) is 1. The molecule has 2 rings (SSSR count). The van der Waals surface area contributed by atoms with E-state index in [0.29, 0.717) is 12.1 Å². The summed E-state index contributed by atoms with van der Waals surface area (Å²) >= 11 is 0. The van der Waals surface area contributed by atoms with Crippen molar-refractivity contribution >= 4 is 5.69 Å². The Labute approximate surface area is 132 Å². The van der Waals surface area contributed by atoms with Gasteiger partial charge in [0.1, 0.15) is 11.6 Å². The van der Waals surface area contributed by atoms with E-state index < -0.39 is 62.1 Å². The molecular weight excluding hydrogens is 337 g/mol. The molecule has 0 aromatic heterocycles. The maximum Gasteiger partial charge on any atom is 0.311 e. The third kappa shape index (κ3) is 2.66. The Balaban J connectivity index is 2.89. The molecule has 128 valence electrons. The second kappa shape index (κ2) is 6.42. The lowest BCUT2D eigenvalue weighted by atomic mass is 9.98. The van der Waals surface area contributed by atoms with E-state index in [-0.39, 0.29) is 6.42 Å². The zero-order valence-corrected chi connectivity index (χ0v) is 12.4. The summed E-state index contributed by atoms with van der Waals surface area (Å²) in [5.41, 5.74) is -3.70. The fourth-order valence-electron chi connectivity index (χ4n) is 2.27. The molecule has 9 heteroatoms. The van der Waals surface area contributed by atoms with Crippen molar-refractivity contribution in [3.05, 3.63) is 56.9 Å². The summed E-state index contributed by atoms with van der Waals surface area (Å²) in [5.74, 6) is -8.97. The summed E-state index contributed by atoms with van der Waals surface area (Å²) in [4.78, 5) is 10.0. The first kappa shape index (κ1) is 17.6. The van der Waals surface area contributed by atoms with Gasteiger partial charge in [-0.25, -0.2) is 22.0 Å². The van der Waals surface area contributed by atoms with Gasteiger partial charge in [-0.15, -0.1) is 0 Å². The highest BCUT2D eigenvalue weighted by molar-refractivity contribution is 5.71. The molecule has 0 radical (unpaired) electrons. The third-order valence-corrected chi connectivity index (χ3v) is 3.44. The van der Waals surface area contributed by atoms with E-state index in [2.05, 4.69) is 4.74 Å². The highest BCUT2D eigenvalue weighted by Gasteiger charge is 2.29. The van der Waals surface area contributed by atoms with Gasteiger partial charge in [0.15, 0.2) is 23.2 Å². The standard InChI is InChI=1S/C15H10F5NO3/c1-3-6-12(17)11(14(19)15(20)13(6)18)7-4-9(21(22)23)10(24-2)5-8(7)16/h4-5H,3H2,1-2H3. The number of hydrogen-bond donors (Lipinski definition) is 0. The van der Waals surface area contributed by atoms with Gasteiger partial charge >= 0.3 is 5.69 Å². The maximum atomic E-state index is 14.3. The van der Waals surface area contributed by atoms with Crippen molar-refractivity contribution in [2.45, 2.75) is 13.3 Å². The SMILES string of the molecule is CCc1c(F)c(F)c(F)c(-c2cc([N+](=O)[O-])c(OC)cc2F)c1F. The molecular formula is C15H10F5NO3. The van der Waals surface area contributed by atoms with Gasteiger partial charge in [-0.3, -0.25) is 10.1 Å². The average molecular weight is 347 g/mol. The Kier molecular flexibility index (Phi) is 4.72. The number of methoxy groups -OCH3 is 1. The van der Waals surface area contributed by atoms with E-state index in [1.807, 2.05) is 0 Å². The predicted octanol–water partition coefficient (Wildman–Crippen LogP) is 4.53. The van der Waals surface area contributed by atoms with Crippen LogP contribution in [0.4, 0.5) is 27.6 Å². The van der Waals surface area contributed by atoms with Crippen molar-refractivity contribution < 1.29 is 31.6 Å². The van der Waals surface area contributed by atoms with Crippen LogP contribution in [0.1, 0.15) is 12.5 Å². The van der Waals surface area contributed by atoms with Crippen LogP contribution in [0, 0.1) is 39.2 Å². The predicted molar refractivity (Wildman–Crippen MR) is 74.3 cm³/mol. The van der Waals surface area contributed by atoms with Crippen molar-refractivity contribution in [2.24, 2.45) is 0 Å². The van der Waals surface area contributed by atoms with E-state index in [1.54, 1.807) is 0 Å². The smallest absolute Gasteiger partial charge is 0.311 e. The minimum Gasteiger partial charge on any atom is -0.490 e. The van der Waals surface area contributed by atoms with E-state index in [1.165, 1.54) is 6.92 Å². The molecule has 0 atom stereocenters. The van der Waals surface area contributed by atoms with Crippen LogP contribution in [-0.4, -0.2) is 12.0 Å². The average Bonchev–Trinajstić information content (AvgIpc) is 2.54. The summed E-state index contributed by atoms with van der Waals surface area (Å²) in [6.07, 6.45) is -0.332. The van der Waals surface area contributed by atoms with Gasteiger partial charge in [-0.1, -0.05) is 6.92 Å². The van der Waals surface area contributed by atoms with E-state index >= 15 is 0 Å². The van der Waals surface area contributed by atoms with Crippen LogP contribution in [0.15, 0.2) is 12.1 Å². The van der Waals surface area contributed by atoms with Crippen LogP contribution >= 0.6 is 0 Å². The number of halogens is 5. The first-order chi connectivity index (χ1) is 11.2. The monoisotopic (exact) mass is 347 g/mol. The van der Waals surface area contributed by atoms with Crippen molar-refractivity contribution in [2.75, 3.05) is 7.11 Å². The van der Waals surface area contributed by atoms with Gasteiger partial charge in [0, 0.05) is 23.3 Å². The maximum absolute atomic E-state index is 14.3. The zero-order chi connectivity index (χ0) is 18.2. The molecule has 0 unspecified atom stereocenters. The van der Waals surface area contributed by atoms with Crippen LogP contribution < -0.4 is 4.74 Å². The lowest BCUT2D eigenvalue weighted by Crippen LogP contribution is -2.07. The molecule has 2 aromatic rings. The Morgan fingerprint density at radius 2 is 1.67 bits per heavy atom. The lowest BCUT2D eigenvalue weighted by molar-refractivity contribution is -0.385. The fraction of sp³-hybridized carbons (Fsp3) is 0.200. The number of nitro benzene ring substituents is 1. The molecule has 0 fully saturated rings. The number of benzene rings is 2. The largest absolute Gasteiger partial charge is 0.490 e. The van der Waals surface area contributed by atoms with Crippen molar-refractivity contribution in [1.29, 1.82) is 0 Å². The Bertz CT molecular complexity index is 839. The number of ether oxygens (including phenoxy) is 1. The topological polar surface area (TPSA) is 52.4 Å². The molecule has 0 aliphatic heterocycles. The molecule has 0 aliphatic rings. The third-order valence-electron chi connectivity index (χ3n) is 3.44. The second-order valence-corrected chi connectivity index (χ2v) is 4.72. The highest BCUT2D eigenvalue weighted by atomic mass is 19.2. The fourth-order valence-corrected chi connectivity index (χ4v) is 2.27. The Morgan fingerprint density at radius 3 is 2.17 bits per heavy atom. The van der Waals surface area contributed by atoms with Crippen LogP contribution in [0.25, 0.3) is 11.1 Å². The Hall–Kier alpha value is -2.71. The van der Waals surface area contributed by atoms with E-state index in [4.69, 9.17) is 0 Å². The number of rotatable bonds is 4. The second-order valence-electron chi connectivity index (χ2n) is 4.72. The van der Waals surface area contributed by atoms with Crippen LogP contribution in [0.5, 0.6) is 5.75 Å². The summed E-state index contributed by atoms with van der Waals surface area (Å²) in [7, 11) is 1.04. The molecule has 24 heavy (non-hydrogen) atoms. The van der Waals surface area contributed by atoms with Crippen molar-refractivity contribution in [3.8, 4) is 16.9 Å². The molecule has 4 nitrogen and oxygen atoms in total. The highest BCUT2D eigenvalue weighted by Crippen LogP contribution is 2.39. The van der Waals surface area contributed by atoms with E-state index in [0.717, 1.165) is 7.11 Å². The van der Waals surface area contributed by atoms with Gasteiger partial charge in [0.25, 0.3) is 0 Å². The first-order valence-corrected chi connectivity index (χ1v) is 6.61. The summed E-state index contributed by atoms with van der Waals surface area (Å²) < 4.78 is 74.3. The molecule has 0 heterocycles. The normalized spacial score (nSPS) is 10.8. The molecule has 0 saturated heterocycles. The van der Waals surface area contributed by atoms with Gasteiger partial charge in [0.05, 0.1) is 17.6 Å². The summed E-state index contributed by atoms with van der Waals surface area (Å²) in [6.45, 7) is 1.29. The van der Waals surface area contributed by atoms with E-state index in [9.17, 15) is 32.1 Å².